The lowest BCUT2D eigenvalue weighted by atomic mass is 10.2. The fraction of sp³-hybridized carbons (Fsp3) is 0.300. The van der Waals surface area contributed by atoms with Crippen LogP contribution in [0.2, 0.25) is 5.02 Å². The highest BCUT2D eigenvalue weighted by Gasteiger charge is 1.94. The van der Waals surface area contributed by atoms with Gasteiger partial charge in [-0.3, -0.25) is 4.98 Å². The van der Waals surface area contributed by atoms with E-state index in [4.69, 9.17) is 11.6 Å². The van der Waals surface area contributed by atoms with Gasteiger partial charge < -0.3 is 0 Å². The Morgan fingerprint density at radius 1 is 1.50 bits per heavy atom. The van der Waals surface area contributed by atoms with Crippen molar-refractivity contribution in [3.05, 3.63) is 35.1 Å². The predicted molar refractivity (Wildman–Crippen MR) is 53.1 cm³/mol. The van der Waals surface area contributed by atoms with Gasteiger partial charge in [0.2, 0.25) is 0 Å². The van der Waals surface area contributed by atoms with Crippen molar-refractivity contribution in [2.24, 2.45) is 5.92 Å². The maximum atomic E-state index is 5.89. The Hall–Kier alpha value is -0.820. The summed E-state index contributed by atoms with van der Waals surface area (Å²) in [5.74, 6) is 0.531. The molecule has 1 aromatic heterocycles. The molecule has 0 fully saturated rings. The second kappa shape index (κ2) is 4.27. The van der Waals surface area contributed by atoms with E-state index in [9.17, 15) is 0 Å². The molecule has 2 heteroatoms. The molecular weight excluding hydrogens is 170 g/mol. The smallest absolute Gasteiger partial charge is 0.0812 e. The van der Waals surface area contributed by atoms with Crippen LogP contribution in [0.3, 0.4) is 0 Å². The molecule has 0 aliphatic rings. The van der Waals surface area contributed by atoms with E-state index in [0.29, 0.717) is 10.9 Å². The maximum Gasteiger partial charge on any atom is 0.0812 e. The Morgan fingerprint density at radius 3 is 2.83 bits per heavy atom. The van der Waals surface area contributed by atoms with E-state index >= 15 is 0 Å². The highest BCUT2D eigenvalue weighted by atomic mass is 35.5. The molecule has 0 saturated carbocycles. The minimum Gasteiger partial charge on any atom is -0.255 e. The van der Waals surface area contributed by atoms with Crippen LogP contribution < -0.4 is 0 Å². The van der Waals surface area contributed by atoms with Crippen LogP contribution in [0.15, 0.2) is 24.4 Å². The third-order valence-corrected chi connectivity index (χ3v) is 1.75. The van der Waals surface area contributed by atoms with Crippen LogP contribution in [-0.2, 0) is 0 Å². The summed E-state index contributed by atoms with van der Waals surface area (Å²) in [6.45, 7) is 4.24. The van der Waals surface area contributed by atoms with Crippen LogP contribution in [0.25, 0.3) is 6.08 Å². The minimum absolute atomic E-state index is 0.531. The molecule has 0 aromatic carbocycles. The third-order valence-electron chi connectivity index (χ3n) is 1.43. The predicted octanol–water partition coefficient (Wildman–Crippen LogP) is 3.40. The molecule has 1 nitrogen and oxygen atoms in total. The summed E-state index contributed by atoms with van der Waals surface area (Å²) in [6, 6.07) is 3.67. The minimum atomic E-state index is 0.531. The van der Waals surface area contributed by atoms with E-state index < -0.39 is 0 Å². The summed E-state index contributed by atoms with van der Waals surface area (Å²) >= 11 is 5.89. The first-order valence-electron chi connectivity index (χ1n) is 3.99. The summed E-state index contributed by atoms with van der Waals surface area (Å²) in [5, 5.41) is 0.703. The van der Waals surface area contributed by atoms with Gasteiger partial charge in [0.05, 0.1) is 10.7 Å². The number of allylic oxidation sites excluding steroid dienone is 1. The first kappa shape index (κ1) is 9.27. The maximum absolute atomic E-state index is 5.89. The molecular formula is C10H12ClN. The van der Waals surface area contributed by atoms with E-state index in [2.05, 4.69) is 24.9 Å². The quantitative estimate of drug-likeness (QED) is 0.682. The monoisotopic (exact) mass is 181 g/mol. The highest BCUT2D eigenvalue weighted by Crippen LogP contribution is 2.14. The summed E-state index contributed by atoms with van der Waals surface area (Å²) in [5.41, 5.74) is 0.841. The van der Waals surface area contributed by atoms with Gasteiger partial charge in [-0.15, -0.1) is 0 Å². The van der Waals surface area contributed by atoms with Crippen molar-refractivity contribution >= 4 is 17.7 Å². The van der Waals surface area contributed by atoms with Crippen molar-refractivity contribution in [1.29, 1.82) is 0 Å². The van der Waals surface area contributed by atoms with Gasteiger partial charge in [0.1, 0.15) is 0 Å². The van der Waals surface area contributed by atoms with Crippen LogP contribution >= 0.6 is 11.6 Å². The summed E-state index contributed by atoms with van der Waals surface area (Å²) in [7, 11) is 0. The first-order chi connectivity index (χ1) is 5.70. The fourth-order valence-electron chi connectivity index (χ4n) is 0.804. The third kappa shape index (κ3) is 2.67. The molecule has 0 N–H and O–H groups in total. The molecule has 0 unspecified atom stereocenters. The van der Waals surface area contributed by atoms with Gasteiger partial charge in [-0.05, 0) is 24.1 Å². The van der Waals surface area contributed by atoms with E-state index in [1.54, 1.807) is 6.20 Å². The van der Waals surface area contributed by atoms with Gasteiger partial charge in [-0.1, -0.05) is 31.5 Å². The van der Waals surface area contributed by atoms with Crippen LogP contribution in [0.4, 0.5) is 0 Å². The molecule has 0 radical (unpaired) electrons. The van der Waals surface area contributed by atoms with Crippen molar-refractivity contribution in [3.63, 3.8) is 0 Å². The van der Waals surface area contributed by atoms with Crippen LogP contribution in [0.5, 0.6) is 0 Å². The molecule has 64 valence electrons. The van der Waals surface area contributed by atoms with Crippen LogP contribution in [-0.4, -0.2) is 4.98 Å². The van der Waals surface area contributed by atoms with E-state index in [0.717, 1.165) is 5.69 Å². The van der Waals surface area contributed by atoms with Crippen LogP contribution in [0.1, 0.15) is 19.5 Å². The number of rotatable bonds is 2. The van der Waals surface area contributed by atoms with E-state index in [-0.39, 0.29) is 0 Å². The SMILES string of the molecule is CC(C)/C=C/c1ncccc1Cl. The zero-order valence-electron chi connectivity index (χ0n) is 7.29. The topological polar surface area (TPSA) is 12.9 Å². The van der Waals surface area contributed by atoms with Crippen molar-refractivity contribution in [2.75, 3.05) is 0 Å². The van der Waals surface area contributed by atoms with Crippen molar-refractivity contribution in [2.45, 2.75) is 13.8 Å². The molecule has 0 bridgehead atoms. The fourth-order valence-corrected chi connectivity index (χ4v) is 0.989. The molecule has 12 heavy (non-hydrogen) atoms. The lowest BCUT2D eigenvalue weighted by Crippen LogP contribution is -1.82. The van der Waals surface area contributed by atoms with E-state index in [1.807, 2.05) is 18.2 Å². The Balaban J connectivity index is 2.82. The second-order valence-electron chi connectivity index (χ2n) is 2.97. The largest absolute Gasteiger partial charge is 0.255 e. The molecule has 0 amide bonds. The lowest BCUT2D eigenvalue weighted by molar-refractivity contribution is 0.836. The Morgan fingerprint density at radius 2 is 2.25 bits per heavy atom. The lowest BCUT2D eigenvalue weighted by Gasteiger charge is -1.96. The van der Waals surface area contributed by atoms with E-state index in [1.165, 1.54) is 0 Å². The van der Waals surface area contributed by atoms with Crippen molar-refractivity contribution in [3.8, 4) is 0 Å². The standard InChI is InChI=1S/C10H12ClN/c1-8(2)5-6-10-9(11)4-3-7-12-10/h3-8H,1-2H3/b6-5+. The molecule has 1 aromatic rings. The summed E-state index contributed by atoms with van der Waals surface area (Å²) in [6.07, 6.45) is 5.77. The van der Waals surface area contributed by atoms with Crippen molar-refractivity contribution < 1.29 is 0 Å². The van der Waals surface area contributed by atoms with Gasteiger partial charge in [0.15, 0.2) is 0 Å². The number of nitrogens with zero attached hydrogens (tertiary/aromatic N) is 1. The van der Waals surface area contributed by atoms with Crippen LogP contribution in [0, 0.1) is 5.92 Å². The Bertz CT molecular complexity index is 279. The molecule has 1 rings (SSSR count). The van der Waals surface area contributed by atoms with Gasteiger partial charge in [0, 0.05) is 6.20 Å². The number of halogens is 1. The molecule has 0 saturated heterocycles. The normalized spacial score (nSPS) is 11.3. The number of pyridine rings is 1. The van der Waals surface area contributed by atoms with Gasteiger partial charge in [-0.25, -0.2) is 0 Å². The molecule has 0 aliphatic heterocycles. The summed E-state index contributed by atoms with van der Waals surface area (Å²) in [4.78, 5) is 4.13. The number of hydrogen-bond donors (Lipinski definition) is 0. The number of aromatic nitrogens is 1. The van der Waals surface area contributed by atoms with Gasteiger partial charge >= 0.3 is 0 Å². The average molecular weight is 182 g/mol. The van der Waals surface area contributed by atoms with Crippen molar-refractivity contribution in [1.82, 2.24) is 4.98 Å². The number of hydrogen-bond acceptors (Lipinski definition) is 1. The zero-order chi connectivity index (χ0) is 8.97. The average Bonchev–Trinajstić information content (AvgIpc) is 2.03. The first-order valence-corrected chi connectivity index (χ1v) is 4.36. The highest BCUT2D eigenvalue weighted by molar-refractivity contribution is 6.31. The zero-order valence-corrected chi connectivity index (χ0v) is 8.05. The molecule has 0 aliphatic carbocycles. The van der Waals surface area contributed by atoms with Gasteiger partial charge in [0.25, 0.3) is 0 Å². The van der Waals surface area contributed by atoms with Gasteiger partial charge in [-0.2, -0.15) is 0 Å². The molecule has 0 spiro atoms. The Labute approximate surface area is 78.1 Å². The Kier molecular flexibility index (Phi) is 3.30. The summed E-state index contributed by atoms with van der Waals surface area (Å²) < 4.78 is 0. The molecule has 0 atom stereocenters. The second-order valence-corrected chi connectivity index (χ2v) is 3.38. The molecule has 1 heterocycles.